The van der Waals surface area contributed by atoms with Gasteiger partial charge in [-0.15, -0.1) is 0 Å². The standard InChI is InChI=1S/C59H46N2/c1-38-23-31-55-49(34-38)51-37-42(41-26-32-56-50(36-41)46-18-11-13-21-54(46)60(56)44-16-8-5-9-17-44)27-33-57(51)61(55)45-28-24-40(25-29-45)58-47-19-10-12-20-52(47)59(3,43-14-6-4-7-15-43)53-35-39(2)22-30-48(53)58/h4-34,36-37,39,52H,35H2,1-3H3. The van der Waals surface area contributed by atoms with Crippen LogP contribution in [-0.4, -0.2) is 9.13 Å². The Balaban J connectivity index is 0.980. The van der Waals surface area contributed by atoms with Gasteiger partial charge in [0, 0.05) is 44.3 Å². The first-order valence-corrected chi connectivity index (χ1v) is 21.8. The van der Waals surface area contributed by atoms with Gasteiger partial charge in [0.15, 0.2) is 0 Å². The zero-order chi connectivity index (χ0) is 40.8. The molecule has 7 aromatic carbocycles. The highest BCUT2D eigenvalue weighted by atomic mass is 15.0. The van der Waals surface area contributed by atoms with Crippen LogP contribution in [0.25, 0.3) is 71.7 Å². The van der Waals surface area contributed by atoms with Crippen LogP contribution in [0.15, 0.2) is 217 Å². The van der Waals surface area contributed by atoms with Crippen molar-refractivity contribution >= 4 is 49.2 Å². The van der Waals surface area contributed by atoms with Crippen molar-refractivity contribution in [3.8, 4) is 22.5 Å². The van der Waals surface area contributed by atoms with Gasteiger partial charge in [-0.3, -0.25) is 0 Å². The van der Waals surface area contributed by atoms with E-state index in [4.69, 9.17) is 0 Å². The molecule has 0 radical (unpaired) electrons. The highest BCUT2D eigenvalue weighted by molar-refractivity contribution is 6.13. The summed E-state index contributed by atoms with van der Waals surface area (Å²) < 4.78 is 4.84. The molecule has 0 aliphatic heterocycles. The van der Waals surface area contributed by atoms with Gasteiger partial charge in [-0.05, 0) is 125 Å². The average molecular weight is 783 g/mol. The molecule has 2 aromatic heterocycles. The van der Waals surface area contributed by atoms with Crippen LogP contribution in [0.4, 0.5) is 0 Å². The molecule has 0 spiro atoms. The van der Waals surface area contributed by atoms with Crippen molar-refractivity contribution in [3.63, 3.8) is 0 Å². The molecule has 292 valence electrons. The third kappa shape index (κ3) is 5.41. The van der Waals surface area contributed by atoms with Crippen LogP contribution in [0.3, 0.4) is 0 Å². The smallest absolute Gasteiger partial charge is 0.0541 e. The number of hydrogen-bond acceptors (Lipinski definition) is 0. The van der Waals surface area contributed by atoms with E-state index in [0.29, 0.717) is 5.92 Å². The summed E-state index contributed by atoms with van der Waals surface area (Å²) in [5.41, 5.74) is 19.2. The minimum atomic E-state index is -0.123. The number of nitrogens with zero attached hydrogens (tertiary/aromatic N) is 2. The first-order valence-electron chi connectivity index (χ1n) is 21.8. The zero-order valence-corrected chi connectivity index (χ0v) is 34.8. The lowest BCUT2D eigenvalue weighted by Gasteiger charge is -2.47. The molecule has 12 rings (SSSR count). The SMILES string of the molecule is Cc1ccc2c(c1)c1cc(-c3ccc4c(c3)c3ccccc3n4-c3ccccc3)ccc1n2-c1ccc(C2=C3C=CC=CC3C(C)(c3ccccc3)C3=C2C=CC(C)C3)cc1. The van der Waals surface area contributed by atoms with Gasteiger partial charge < -0.3 is 9.13 Å². The van der Waals surface area contributed by atoms with Gasteiger partial charge in [-0.2, -0.15) is 0 Å². The van der Waals surface area contributed by atoms with Gasteiger partial charge in [-0.1, -0.05) is 159 Å². The van der Waals surface area contributed by atoms with E-state index in [2.05, 4.69) is 230 Å². The monoisotopic (exact) mass is 782 g/mol. The van der Waals surface area contributed by atoms with E-state index in [0.717, 1.165) is 6.42 Å². The Morgan fingerprint density at radius 1 is 0.508 bits per heavy atom. The van der Waals surface area contributed by atoms with Gasteiger partial charge in [-0.25, -0.2) is 0 Å². The van der Waals surface area contributed by atoms with Gasteiger partial charge in [0.25, 0.3) is 0 Å². The number of rotatable bonds is 5. The van der Waals surface area contributed by atoms with E-state index in [1.54, 1.807) is 5.57 Å². The fraction of sp³-hybridized carbons (Fsp3) is 0.119. The minimum Gasteiger partial charge on any atom is -0.309 e. The Morgan fingerprint density at radius 2 is 1.08 bits per heavy atom. The van der Waals surface area contributed by atoms with E-state index in [1.165, 1.54) is 99.5 Å². The average Bonchev–Trinajstić information content (AvgIpc) is 3.82. The Kier molecular flexibility index (Phi) is 8.03. The molecule has 9 aromatic rings. The second-order valence-electron chi connectivity index (χ2n) is 17.6. The molecule has 3 aliphatic rings. The molecular weight excluding hydrogens is 737 g/mol. The summed E-state index contributed by atoms with van der Waals surface area (Å²) in [6, 6.07) is 61.0. The topological polar surface area (TPSA) is 9.86 Å². The van der Waals surface area contributed by atoms with Crippen molar-refractivity contribution in [1.82, 2.24) is 9.13 Å². The maximum Gasteiger partial charge on any atom is 0.0541 e. The molecule has 3 aliphatic carbocycles. The van der Waals surface area contributed by atoms with E-state index < -0.39 is 0 Å². The molecule has 3 atom stereocenters. The molecule has 61 heavy (non-hydrogen) atoms. The van der Waals surface area contributed by atoms with E-state index in [-0.39, 0.29) is 11.3 Å². The van der Waals surface area contributed by atoms with Gasteiger partial charge in [0.1, 0.15) is 0 Å². The molecule has 3 unspecified atom stereocenters. The molecular formula is C59H46N2. The van der Waals surface area contributed by atoms with Crippen molar-refractivity contribution in [2.75, 3.05) is 0 Å². The molecule has 0 fully saturated rings. The third-order valence-electron chi connectivity index (χ3n) is 14.0. The van der Waals surface area contributed by atoms with Crippen LogP contribution in [0.5, 0.6) is 0 Å². The maximum atomic E-state index is 2.48. The zero-order valence-electron chi connectivity index (χ0n) is 34.8. The van der Waals surface area contributed by atoms with Gasteiger partial charge in [0.2, 0.25) is 0 Å². The molecule has 0 bridgehead atoms. The molecule has 2 heterocycles. The Hall–Kier alpha value is -7.16. The maximum absolute atomic E-state index is 2.48. The van der Waals surface area contributed by atoms with Gasteiger partial charge >= 0.3 is 0 Å². The predicted molar refractivity (Wildman–Crippen MR) is 258 cm³/mol. The number of hydrogen-bond donors (Lipinski definition) is 0. The third-order valence-corrected chi connectivity index (χ3v) is 14.0. The number of aryl methyl sites for hydroxylation is 1. The molecule has 0 N–H and O–H groups in total. The first-order chi connectivity index (χ1) is 30.0. The van der Waals surface area contributed by atoms with Crippen molar-refractivity contribution < 1.29 is 0 Å². The highest BCUT2D eigenvalue weighted by Crippen LogP contribution is 2.56. The van der Waals surface area contributed by atoms with Crippen LogP contribution in [0, 0.1) is 18.8 Å². The summed E-state index contributed by atoms with van der Waals surface area (Å²) in [7, 11) is 0. The first kappa shape index (κ1) is 35.8. The number of para-hydroxylation sites is 2. The van der Waals surface area contributed by atoms with Crippen molar-refractivity contribution in [2.24, 2.45) is 11.8 Å². The van der Waals surface area contributed by atoms with E-state index in [9.17, 15) is 0 Å². The minimum absolute atomic E-state index is 0.123. The van der Waals surface area contributed by atoms with Crippen LogP contribution in [0.1, 0.15) is 37.0 Å². The van der Waals surface area contributed by atoms with Crippen molar-refractivity contribution in [2.45, 2.75) is 32.6 Å². The summed E-state index contributed by atoms with van der Waals surface area (Å²) in [6.07, 6.45) is 15.2. The van der Waals surface area contributed by atoms with Crippen LogP contribution >= 0.6 is 0 Å². The fourth-order valence-corrected chi connectivity index (χ4v) is 11.1. The molecule has 0 saturated carbocycles. The molecule has 0 amide bonds. The van der Waals surface area contributed by atoms with E-state index in [1.807, 2.05) is 0 Å². The number of aromatic nitrogens is 2. The lowest BCUT2D eigenvalue weighted by molar-refractivity contribution is 0.422. The Labute approximate surface area is 357 Å². The summed E-state index contributed by atoms with van der Waals surface area (Å²) in [6.45, 7) is 7.04. The number of benzene rings is 7. The molecule has 0 saturated heterocycles. The Bertz CT molecular complexity index is 3400. The summed E-state index contributed by atoms with van der Waals surface area (Å²) in [5.74, 6) is 0.754. The number of allylic oxidation sites excluding steroid dienone is 10. The Morgan fingerprint density at radius 3 is 1.80 bits per heavy atom. The van der Waals surface area contributed by atoms with Crippen molar-refractivity contribution in [3.05, 3.63) is 234 Å². The highest BCUT2D eigenvalue weighted by Gasteiger charge is 2.46. The van der Waals surface area contributed by atoms with Crippen LogP contribution in [0.2, 0.25) is 0 Å². The molecule has 2 nitrogen and oxygen atoms in total. The van der Waals surface area contributed by atoms with Crippen LogP contribution in [-0.2, 0) is 5.41 Å². The largest absolute Gasteiger partial charge is 0.309 e. The van der Waals surface area contributed by atoms with Crippen LogP contribution < -0.4 is 0 Å². The normalized spacial score (nSPS) is 19.7. The lowest BCUT2D eigenvalue weighted by Crippen LogP contribution is -2.39. The number of fused-ring (bicyclic) bond motifs is 7. The molecule has 2 heteroatoms. The quantitative estimate of drug-likeness (QED) is 0.165. The lowest BCUT2D eigenvalue weighted by atomic mass is 9.55. The fourth-order valence-electron chi connectivity index (χ4n) is 11.1. The second-order valence-corrected chi connectivity index (χ2v) is 17.6. The van der Waals surface area contributed by atoms with E-state index >= 15 is 0 Å². The van der Waals surface area contributed by atoms with Crippen molar-refractivity contribution in [1.29, 1.82) is 0 Å². The van der Waals surface area contributed by atoms with Gasteiger partial charge in [0.05, 0.1) is 22.1 Å². The predicted octanol–water partition coefficient (Wildman–Crippen LogP) is 15.2. The summed E-state index contributed by atoms with van der Waals surface area (Å²) >= 11 is 0. The second kappa shape index (κ2) is 13.7. The summed E-state index contributed by atoms with van der Waals surface area (Å²) in [5, 5.41) is 5.07. The summed E-state index contributed by atoms with van der Waals surface area (Å²) in [4.78, 5) is 0.